The molecule has 1 aliphatic heterocycles. The highest BCUT2D eigenvalue weighted by atomic mass is 16.6. The van der Waals surface area contributed by atoms with Crippen molar-refractivity contribution in [3.05, 3.63) is 0 Å². The largest absolute Gasteiger partial charge is 0.462 e. The molecule has 0 N–H and O–H groups in total. The third-order valence-electron chi connectivity index (χ3n) is 3.03. The van der Waals surface area contributed by atoms with Gasteiger partial charge < -0.3 is 9.47 Å². The third kappa shape index (κ3) is 3.22. The lowest BCUT2D eigenvalue weighted by Crippen LogP contribution is -2.37. The van der Waals surface area contributed by atoms with Gasteiger partial charge in [-0.2, -0.15) is 0 Å². The highest BCUT2D eigenvalue weighted by molar-refractivity contribution is 5.77. The highest BCUT2D eigenvalue weighted by Gasteiger charge is 2.33. The summed E-state index contributed by atoms with van der Waals surface area (Å²) in [7, 11) is 0. The Kier molecular flexibility index (Phi) is 3.94. The SMILES string of the molecule is CCC(C)(C)C(=O)OC1CC(=O)O[C@H](C)C1. The Morgan fingerprint density at radius 3 is 2.69 bits per heavy atom. The molecule has 0 aromatic rings. The lowest BCUT2D eigenvalue weighted by Gasteiger charge is -2.29. The van der Waals surface area contributed by atoms with Crippen molar-refractivity contribution >= 4 is 11.9 Å². The van der Waals surface area contributed by atoms with E-state index in [-0.39, 0.29) is 30.6 Å². The third-order valence-corrected chi connectivity index (χ3v) is 3.03. The molecule has 4 nitrogen and oxygen atoms in total. The van der Waals surface area contributed by atoms with E-state index in [2.05, 4.69) is 0 Å². The molecule has 0 saturated carbocycles. The van der Waals surface area contributed by atoms with Crippen LogP contribution in [-0.4, -0.2) is 24.1 Å². The van der Waals surface area contributed by atoms with Crippen LogP contribution in [0.1, 0.15) is 47.0 Å². The van der Waals surface area contributed by atoms with Crippen molar-refractivity contribution in [1.82, 2.24) is 0 Å². The van der Waals surface area contributed by atoms with E-state index in [1.54, 1.807) is 0 Å². The Balaban J connectivity index is 2.54. The van der Waals surface area contributed by atoms with Crippen LogP contribution in [0.3, 0.4) is 0 Å². The molecule has 16 heavy (non-hydrogen) atoms. The molecule has 0 spiro atoms. The number of rotatable bonds is 3. The van der Waals surface area contributed by atoms with Gasteiger partial charge in [0.2, 0.25) is 0 Å². The molecule has 0 aliphatic carbocycles. The molecular weight excluding hydrogens is 208 g/mol. The summed E-state index contributed by atoms with van der Waals surface area (Å²) in [6.45, 7) is 7.45. The molecule has 2 atom stereocenters. The molecule has 1 rings (SSSR count). The first-order chi connectivity index (χ1) is 7.35. The maximum Gasteiger partial charge on any atom is 0.311 e. The Bertz CT molecular complexity index is 283. The number of carbonyl (C=O) groups is 2. The number of carbonyl (C=O) groups excluding carboxylic acids is 2. The van der Waals surface area contributed by atoms with Gasteiger partial charge in [-0.15, -0.1) is 0 Å². The van der Waals surface area contributed by atoms with Crippen LogP contribution >= 0.6 is 0 Å². The van der Waals surface area contributed by atoms with Gasteiger partial charge >= 0.3 is 11.9 Å². The molecule has 1 unspecified atom stereocenters. The molecule has 0 aromatic carbocycles. The molecule has 0 amide bonds. The molecule has 1 aliphatic rings. The van der Waals surface area contributed by atoms with Crippen LogP contribution in [0, 0.1) is 5.41 Å². The quantitative estimate of drug-likeness (QED) is 0.694. The van der Waals surface area contributed by atoms with Crippen molar-refractivity contribution in [1.29, 1.82) is 0 Å². The second-order valence-electron chi connectivity index (χ2n) is 5.01. The van der Waals surface area contributed by atoms with Crippen LogP contribution in [0.15, 0.2) is 0 Å². The predicted molar refractivity (Wildman–Crippen MR) is 58.7 cm³/mol. The maximum atomic E-state index is 11.8. The van der Waals surface area contributed by atoms with Gasteiger partial charge in [0.1, 0.15) is 12.2 Å². The van der Waals surface area contributed by atoms with E-state index in [1.165, 1.54) is 0 Å². The number of hydrogen-bond donors (Lipinski definition) is 0. The zero-order valence-corrected chi connectivity index (χ0v) is 10.4. The van der Waals surface area contributed by atoms with E-state index < -0.39 is 5.41 Å². The standard InChI is InChI=1S/C12H20O4/c1-5-12(3,4)11(14)16-9-6-8(2)15-10(13)7-9/h8-9H,5-7H2,1-4H3/t8-,9?/m1/s1. The fraction of sp³-hybridized carbons (Fsp3) is 0.833. The van der Waals surface area contributed by atoms with Gasteiger partial charge in [0.05, 0.1) is 11.8 Å². The highest BCUT2D eigenvalue weighted by Crippen LogP contribution is 2.25. The molecule has 0 bridgehead atoms. The normalized spacial score (nSPS) is 26.1. The maximum absolute atomic E-state index is 11.8. The van der Waals surface area contributed by atoms with Gasteiger partial charge in [0.25, 0.3) is 0 Å². The fourth-order valence-corrected chi connectivity index (χ4v) is 1.51. The molecule has 0 radical (unpaired) electrons. The summed E-state index contributed by atoms with van der Waals surface area (Å²) >= 11 is 0. The van der Waals surface area contributed by atoms with Gasteiger partial charge in [-0.1, -0.05) is 6.92 Å². The number of esters is 2. The summed E-state index contributed by atoms with van der Waals surface area (Å²) in [5.74, 6) is -0.521. The topological polar surface area (TPSA) is 52.6 Å². The van der Waals surface area contributed by atoms with Crippen LogP contribution < -0.4 is 0 Å². The minimum Gasteiger partial charge on any atom is -0.462 e. The first kappa shape index (κ1) is 13.0. The van der Waals surface area contributed by atoms with E-state index in [0.29, 0.717) is 6.42 Å². The first-order valence-electron chi connectivity index (χ1n) is 5.75. The molecule has 0 aromatic heterocycles. The molecule has 92 valence electrons. The van der Waals surface area contributed by atoms with Crippen molar-refractivity contribution in [3.8, 4) is 0 Å². The molecule has 1 fully saturated rings. The second kappa shape index (κ2) is 4.85. The van der Waals surface area contributed by atoms with E-state index in [0.717, 1.165) is 6.42 Å². The summed E-state index contributed by atoms with van der Waals surface area (Å²) in [6, 6.07) is 0. The summed E-state index contributed by atoms with van der Waals surface area (Å²) < 4.78 is 10.3. The smallest absolute Gasteiger partial charge is 0.311 e. The van der Waals surface area contributed by atoms with Crippen molar-refractivity contribution in [2.45, 2.75) is 59.2 Å². The number of hydrogen-bond acceptors (Lipinski definition) is 4. The molecular formula is C12H20O4. The van der Waals surface area contributed by atoms with Gasteiger partial charge in [-0.3, -0.25) is 9.59 Å². The second-order valence-corrected chi connectivity index (χ2v) is 5.01. The predicted octanol–water partition coefficient (Wildman–Crippen LogP) is 2.06. The molecule has 1 saturated heterocycles. The van der Waals surface area contributed by atoms with Crippen LogP contribution in [0.4, 0.5) is 0 Å². The molecule has 4 heteroatoms. The van der Waals surface area contributed by atoms with Crippen LogP contribution in [-0.2, 0) is 19.1 Å². The van der Waals surface area contributed by atoms with E-state index in [4.69, 9.17) is 9.47 Å². The first-order valence-corrected chi connectivity index (χ1v) is 5.75. The van der Waals surface area contributed by atoms with Crippen LogP contribution in [0.25, 0.3) is 0 Å². The van der Waals surface area contributed by atoms with Gasteiger partial charge in [-0.05, 0) is 27.2 Å². The lowest BCUT2D eigenvalue weighted by molar-refractivity contribution is -0.173. The average Bonchev–Trinajstić information content (AvgIpc) is 2.15. The van der Waals surface area contributed by atoms with Crippen molar-refractivity contribution in [2.24, 2.45) is 5.41 Å². The minimum absolute atomic E-state index is 0.163. The Hall–Kier alpha value is -1.06. The zero-order valence-electron chi connectivity index (χ0n) is 10.4. The van der Waals surface area contributed by atoms with E-state index >= 15 is 0 Å². The summed E-state index contributed by atoms with van der Waals surface area (Å²) in [5.41, 5.74) is -0.482. The van der Waals surface area contributed by atoms with Gasteiger partial charge in [-0.25, -0.2) is 0 Å². The number of cyclic esters (lactones) is 1. The van der Waals surface area contributed by atoms with Crippen molar-refractivity contribution in [3.63, 3.8) is 0 Å². The molecule has 1 heterocycles. The summed E-state index contributed by atoms with van der Waals surface area (Å²) in [6.07, 6.45) is 1.00. The Morgan fingerprint density at radius 2 is 2.19 bits per heavy atom. The fourth-order valence-electron chi connectivity index (χ4n) is 1.51. The van der Waals surface area contributed by atoms with E-state index in [1.807, 2.05) is 27.7 Å². The zero-order chi connectivity index (χ0) is 12.3. The average molecular weight is 228 g/mol. The Labute approximate surface area is 96.3 Å². The summed E-state index contributed by atoms with van der Waals surface area (Å²) in [4.78, 5) is 23.0. The van der Waals surface area contributed by atoms with E-state index in [9.17, 15) is 9.59 Å². The summed E-state index contributed by atoms with van der Waals surface area (Å²) in [5, 5.41) is 0. The van der Waals surface area contributed by atoms with Crippen LogP contribution in [0.2, 0.25) is 0 Å². The Morgan fingerprint density at radius 1 is 1.56 bits per heavy atom. The van der Waals surface area contributed by atoms with Gasteiger partial charge in [0.15, 0.2) is 0 Å². The number of ether oxygens (including phenoxy) is 2. The minimum atomic E-state index is -0.482. The monoisotopic (exact) mass is 228 g/mol. The van der Waals surface area contributed by atoms with Gasteiger partial charge in [0, 0.05) is 6.42 Å². The lowest BCUT2D eigenvalue weighted by atomic mass is 9.90. The van der Waals surface area contributed by atoms with Crippen molar-refractivity contribution in [2.75, 3.05) is 0 Å². The van der Waals surface area contributed by atoms with Crippen molar-refractivity contribution < 1.29 is 19.1 Å². The van der Waals surface area contributed by atoms with Crippen LogP contribution in [0.5, 0.6) is 0 Å².